The monoisotopic (exact) mass is 303 g/mol. The quantitative estimate of drug-likeness (QED) is 0.858. The highest BCUT2D eigenvalue weighted by Crippen LogP contribution is 2.29. The topological polar surface area (TPSA) is 55.8 Å². The van der Waals surface area contributed by atoms with Gasteiger partial charge in [0.25, 0.3) is 0 Å². The van der Waals surface area contributed by atoms with Crippen LogP contribution in [-0.4, -0.2) is 36.7 Å². The van der Waals surface area contributed by atoms with Crippen molar-refractivity contribution >= 4 is 12.0 Å². The maximum Gasteiger partial charge on any atom is 0.417 e. The first-order valence-corrected chi connectivity index (χ1v) is 7.87. The fourth-order valence-electron chi connectivity index (χ4n) is 3.10. The third-order valence-corrected chi connectivity index (χ3v) is 4.43. The van der Waals surface area contributed by atoms with Gasteiger partial charge in [0.15, 0.2) is 0 Å². The Morgan fingerprint density at radius 3 is 2.64 bits per heavy atom. The maximum absolute atomic E-state index is 12.5. The van der Waals surface area contributed by atoms with Crippen molar-refractivity contribution in [2.24, 2.45) is 5.92 Å². The highest BCUT2D eigenvalue weighted by atomic mass is 16.6. The third-order valence-electron chi connectivity index (χ3n) is 4.43. The van der Waals surface area contributed by atoms with E-state index in [9.17, 15) is 9.59 Å². The summed E-state index contributed by atoms with van der Waals surface area (Å²) in [5, 5.41) is 0. The number of ether oxygens (including phenoxy) is 2. The average Bonchev–Trinajstić information content (AvgIpc) is 2.96. The molecule has 0 bridgehead atoms. The first kappa shape index (κ1) is 15.0. The van der Waals surface area contributed by atoms with Crippen molar-refractivity contribution in [2.45, 2.75) is 31.7 Å². The molecule has 2 fully saturated rings. The summed E-state index contributed by atoms with van der Waals surface area (Å²) in [7, 11) is 0. The Kier molecular flexibility index (Phi) is 4.73. The summed E-state index contributed by atoms with van der Waals surface area (Å²) in [4.78, 5) is 25.7. The maximum atomic E-state index is 12.5. The van der Waals surface area contributed by atoms with Crippen molar-refractivity contribution in [3.63, 3.8) is 0 Å². The van der Waals surface area contributed by atoms with E-state index in [4.69, 9.17) is 9.47 Å². The number of rotatable bonds is 4. The fourth-order valence-corrected chi connectivity index (χ4v) is 3.10. The van der Waals surface area contributed by atoms with Gasteiger partial charge in [-0.05, 0) is 30.7 Å². The summed E-state index contributed by atoms with van der Waals surface area (Å²) >= 11 is 0. The van der Waals surface area contributed by atoms with Crippen LogP contribution in [0.2, 0.25) is 0 Å². The number of amides is 2. The van der Waals surface area contributed by atoms with Crippen LogP contribution in [0.3, 0.4) is 0 Å². The van der Waals surface area contributed by atoms with Gasteiger partial charge in [0, 0.05) is 19.6 Å². The zero-order valence-corrected chi connectivity index (χ0v) is 12.6. The number of cyclic esters (lactones) is 1. The van der Waals surface area contributed by atoms with Crippen LogP contribution in [0.25, 0.3) is 0 Å². The molecule has 0 saturated carbocycles. The first-order chi connectivity index (χ1) is 10.8. The Hall–Kier alpha value is -1.88. The second-order valence-electron chi connectivity index (χ2n) is 5.86. The van der Waals surface area contributed by atoms with Crippen LogP contribution in [0.4, 0.5) is 4.79 Å². The lowest BCUT2D eigenvalue weighted by atomic mass is 9.94. The number of imide groups is 1. The molecule has 1 aromatic carbocycles. The molecule has 2 aliphatic heterocycles. The molecule has 2 amide bonds. The Labute approximate surface area is 130 Å². The lowest BCUT2D eigenvalue weighted by Crippen LogP contribution is -2.34. The molecule has 0 aliphatic carbocycles. The molecular formula is C17H21NO4. The number of hydrogen-bond donors (Lipinski definition) is 0. The van der Waals surface area contributed by atoms with Gasteiger partial charge in [-0.25, -0.2) is 9.69 Å². The van der Waals surface area contributed by atoms with Crippen molar-refractivity contribution in [1.29, 1.82) is 0 Å². The van der Waals surface area contributed by atoms with E-state index < -0.39 is 6.09 Å². The largest absolute Gasteiger partial charge is 0.446 e. The van der Waals surface area contributed by atoms with Crippen molar-refractivity contribution in [1.82, 2.24) is 4.90 Å². The Morgan fingerprint density at radius 2 is 1.91 bits per heavy atom. The number of nitrogens with zero attached hydrogens (tertiary/aromatic N) is 1. The van der Waals surface area contributed by atoms with E-state index in [0.717, 1.165) is 38.0 Å². The van der Waals surface area contributed by atoms with Crippen molar-refractivity contribution < 1.29 is 19.1 Å². The van der Waals surface area contributed by atoms with Gasteiger partial charge in [-0.15, -0.1) is 0 Å². The molecule has 3 rings (SSSR count). The molecule has 22 heavy (non-hydrogen) atoms. The van der Waals surface area contributed by atoms with Gasteiger partial charge in [0.2, 0.25) is 5.91 Å². The second-order valence-corrected chi connectivity index (χ2v) is 5.86. The normalized spacial score (nSPS) is 22.6. The van der Waals surface area contributed by atoms with E-state index in [1.165, 1.54) is 4.90 Å². The van der Waals surface area contributed by atoms with Crippen LogP contribution >= 0.6 is 0 Å². The van der Waals surface area contributed by atoms with Crippen LogP contribution in [0, 0.1) is 5.92 Å². The van der Waals surface area contributed by atoms with Gasteiger partial charge in [-0.1, -0.05) is 30.3 Å². The van der Waals surface area contributed by atoms with Gasteiger partial charge in [-0.2, -0.15) is 0 Å². The van der Waals surface area contributed by atoms with Gasteiger partial charge in [0.1, 0.15) is 12.6 Å². The summed E-state index contributed by atoms with van der Waals surface area (Å²) in [5.41, 5.74) is 0.938. The molecule has 1 unspecified atom stereocenters. The summed E-state index contributed by atoms with van der Waals surface area (Å²) in [5.74, 6) is 0.384. The Bertz CT molecular complexity index is 525. The number of carbonyl (C=O) groups is 2. The Balaban J connectivity index is 1.62. The molecule has 2 heterocycles. The molecular weight excluding hydrogens is 282 g/mol. The van der Waals surface area contributed by atoms with Crippen LogP contribution in [0.15, 0.2) is 30.3 Å². The standard InChI is InChI=1S/C17H21NO4/c19-16(7-6-13-8-10-21-11-9-13)18-15(12-22-17(18)20)14-4-2-1-3-5-14/h1-5,13,15H,6-12H2. The molecule has 5 nitrogen and oxygen atoms in total. The number of hydrogen-bond acceptors (Lipinski definition) is 4. The smallest absolute Gasteiger partial charge is 0.417 e. The third kappa shape index (κ3) is 3.30. The zero-order valence-electron chi connectivity index (χ0n) is 12.6. The SMILES string of the molecule is O=C(CCC1CCOCC1)N1C(=O)OCC1c1ccccc1. The van der Waals surface area contributed by atoms with Gasteiger partial charge >= 0.3 is 6.09 Å². The second kappa shape index (κ2) is 6.92. The minimum atomic E-state index is -0.522. The van der Waals surface area contributed by atoms with Crippen LogP contribution < -0.4 is 0 Å². The molecule has 2 saturated heterocycles. The summed E-state index contributed by atoms with van der Waals surface area (Å²) in [6.45, 7) is 1.79. The van der Waals surface area contributed by atoms with E-state index in [1.807, 2.05) is 30.3 Å². The van der Waals surface area contributed by atoms with E-state index in [0.29, 0.717) is 12.3 Å². The molecule has 0 N–H and O–H groups in total. The predicted molar refractivity (Wildman–Crippen MR) is 80.2 cm³/mol. The molecule has 0 radical (unpaired) electrons. The minimum Gasteiger partial charge on any atom is -0.446 e. The van der Waals surface area contributed by atoms with Crippen molar-refractivity contribution in [3.05, 3.63) is 35.9 Å². The average molecular weight is 303 g/mol. The summed E-state index contributed by atoms with van der Waals surface area (Å²) in [6.07, 6.45) is 2.68. The fraction of sp³-hybridized carbons (Fsp3) is 0.529. The van der Waals surface area contributed by atoms with Crippen molar-refractivity contribution in [3.8, 4) is 0 Å². The minimum absolute atomic E-state index is 0.136. The van der Waals surface area contributed by atoms with Crippen LogP contribution in [-0.2, 0) is 14.3 Å². The molecule has 1 atom stereocenters. The summed E-state index contributed by atoms with van der Waals surface area (Å²) < 4.78 is 10.4. The highest BCUT2D eigenvalue weighted by molar-refractivity contribution is 5.93. The lowest BCUT2D eigenvalue weighted by molar-refractivity contribution is -0.129. The molecule has 118 valence electrons. The lowest BCUT2D eigenvalue weighted by Gasteiger charge is -2.24. The first-order valence-electron chi connectivity index (χ1n) is 7.87. The van der Waals surface area contributed by atoms with Gasteiger partial charge < -0.3 is 9.47 Å². The number of carbonyl (C=O) groups excluding carboxylic acids is 2. The molecule has 2 aliphatic rings. The van der Waals surface area contributed by atoms with Crippen molar-refractivity contribution in [2.75, 3.05) is 19.8 Å². The predicted octanol–water partition coefficient (Wildman–Crippen LogP) is 2.91. The van der Waals surface area contributed by atoms with E-state index in [2.05, 4.69) is 0 Å². The highest BCUT2D eigenvalue weighted by Gasteiger charge is 2.38. The van der Waals surface area contributed by atoms with Crippen LogP contribution in [0.5, 0.6) is 0 Å². The zero-order chi connectivity index (χ0) is 15.4. The number of benzene rings is 1. The van der Waals surface area contributed by atoms with E-state index in [1.54, 1.807) is 0 Å². The van der Waals surface area contributed by atoms with Gasteiger partial charge in [-0.3, -0.25) is 4.79 Å². The van der Waals surface area contributed by atoms with E-state index >= 15 is 0 Å². The molecule has 5 heteroatoms. The van der Waals surface area contributed by atoms with E-state index in [-0.39, 0.29) is 18.6 Å². The van der Waals surface area contributed by atoms with Gasteiger partial charge in [0.05, 0.1) is 0 Å². The van der Waals surface area contributed by atoms with Crippen LogP contribution in [0.1, 0.15) is 37.3 Å². The molecule has 0 spiro atoms. The Morgan fingerprint density at radius 1 is 1.18 bits per heavy atom. The summed E-state index contributed by atoms with van der Waals surface area (Å²) in [6, 6.07) is 9.27. The molecule has 1 aromatic rings. The molecule has 0 aromatic heterocycles.